The fourth-order valence-corrected chi connectivity index (χ4v) is 4.99. The summed E-state index contributed by atoms with van der Waals surface area (Å²) >= 11 is 0. The van der Waals surface area contributed by atoms with Crippen LogP contribution in [0.4, 0.5) is 20.8 Å². The van der Waals surface area contributed by atoms with Crippen LogP contribution in [0.25, 0.3) is 0 Å². The van der Waals surface area contributed by atoms with Crippen LogP contribution >= 0.6 is 0 Å². The molecular weight excluding hydrogens is 555 g/mol. The predicted molar refractivity (Wildman–Crippen MR) is 157 cm³/mol. The van der Waals surface area contributed by atoms with Crippen LogP contribution in [0.15, 0.2) is 61.4 Å². The van der Waals surface area contributed by atoms with Gasteiger partial charge in [0.05, 0.1) is 23.9 Å². The van der Waals surface area contributed by atoms with Crippen molar-refractivity contribution < 1.29 is 18.7 Å². The number of ether oxygens (including phenoxy) is 1. The predicted octanol–water partition coefficient (Wildman–Crippen LogP) is 2.93. The zero-order chi connectivity index (χ0) is 30.5. The van der Waals surface area contributed by atoms with Crippen molar-refractivity contribution in [2.24, 2.45) is 5.92 Å². The SMILES string of the molecule is COc1ccc(F)cc1C(=O)NCc1ccc(C(=N)c2c(N)ncnc2NCC2CCC2N(C)C(=O)n2cncn2)cc1. The van der Waals surface area contributed by atoms with Gasteiger partial charge >= 0.3 is 6.03 Å². The molecule has 0 spiro atoms. The second kappa shape index (κ2) is 12.6. The minimum absolute atomic E-state index is 0.0151. The van der Waals surface area contributed by atoms with Crippen molar-refractivity contribution in [2.75, 3.05) is 31.8 Å². The van der Waals surface area contributed by atoms with Gasteiger partial charge in [0.2, 0.25) is 0 Å². The van der Waals surface area contributed by atoms with Crippen LogP contribution in [0.5, 0.6) is 5.75 Å². The van der Waals surface area contributed by atoms with Crippen LogP contribution in [0.3, 0.4) is 0 Å². The summed E-state index contributed by atoms with van der Waals surface area (Å²) < 4.78 is 20.0. The van der Waals surface area contributed by atoms with Crippen LogP contribution in [0, 0.1) is 17.1 Å². The molecular formula is C29H31FN10O3. The molecule has 0 bridgehead atoms. The molecule has 5 rings (SSSR count). The van der Waals surface area contributed by atoms with Gasteiger partial charge in [0.15, 0.2) is 0 Å². The molecule has 14 heteroatoms. The van der Waals surface area contributed by atoms with Crippen LogP contribution in [-0.4, -0.2) is 74.0 Å². The molecule has 5 N–H and O–H groups in total. The summed E-state index contributed by atoms with van der Waals surface area (Å²) in [6.45, 7) is 0.705. The van der Waals surface area contributed by atoms with E-state index in [4.69, 9.17) is 15.9 Å². The van der Waals surface area contributed by atoms with Gasteiger partial charge in [-0.15, -0.1) is 0 Å². The van der Waals surface area contributed by atoms with Gasteiger partial charge in [-0.05, 0) is 42.5 Å². The second-order valence-electron chi connectivity index (χ2n) is 10.1. The maximum atomic E-state index is 13.7. The van der Waals surface area contributed by atoms with Gasteiger partial charge in [-0.1, -0.05) is 24.3 Å². The Balaban J connectivity index is 1.22. The van der Waals surface area contributed by atoms with E-state index in [0.717, 1.165) is 24.5 Å². The lowest BCUT2D eigenvalue weighted by Crippen LogP contribution is -2.51. The third kappa shape index (κ3) is 6.27. The number of nitrogens with zero attached hydrogens (tertiary/aromatic N) is 6. The average Bonchev–Trinajstić information content (AvgIpc) is 3.54. The molecule has 0 radical (unpaired) electrons. The summed E-state index contributed by atoms with van der Waals surface area (Å²) in [5, 5.41) is 18.9. The molecule has 2 heterocycles. The maximum absolute atomic E-state index is 13.7. The average molecular weight is 587 g/mol. The van der Waals surface area contributed by atoms with Gasteiger partial charge in [0.1, 0.15) is 42.2 Å². The van der Waals surface area contributed by atoms with Gasteiger partial charge < -0.3 is 26.0 Å². The van der Waals surface area contributed by atoms with E-state index in [0.29, 0.717) is 23.5 Å². The number of rotatable bonds is 10. The molecule has 2 unspecified atom stereocenters. The van der Waals surface area contributed by atoms with Crippen molar-refractivity contribution >= 4 is 29.3 Å². The number of hydrogen-bond donors (Lipinski definition) is 4. The number of halogens is 1. The van der Waals surface area contributed by atoms with Crippen molar-refractivity contribution in [3.63, 3.8) is 0 Å². The fourth-order valence-electron chi connectivity index (χ4n) is 4.99. The maximum Gasteiger partial charge on any atom is 0.346 e. The summed E-state index contributed by atoms with van der Waals surface area (Å²) in [7, 11) is 3.16. The highest BCUT2D eigenvalue weighted by Gasteiger charge is 2.36. The molecule has 2 atom stereocenters. The number of methoxy groups -OCH3 is 1. The number of amides is 2. The monoisotopic (exact) mass is 586 g/mol. The highest BCUT2D eigenvalue weighted by molar-refractivity contribution is 6.16. The van der Waals surface area contributed by atoms with Gasteiger partial charge in [-0.3, -0.25) is 10.2 Å². The van der Waals surface area contributed by atoms with Crippen molar-refractivity contribution in [2.45, 2.75) is 25.4 Å². The first-order chi connectivity index (χ1) is 20.8. The Hall–Kier alpha value is -5.40. The Bertz CT molecular complexity index is 1630. The van der Waals surface area contributed by atoms with Crippen molar-refractivity contribution in [3.05, 3.63) is 89.5 Å². The zero-order valence-corrected chi connectivity index (χ0v) is 23.6. The number of anilines is 2. The van der Waals surface area contributed by atoms with Crippen molar-refractivity contribution in [1.29, 1.82) is 5.41 Å². The van der Waals surface area contributed by atoms with Gasteiger partial charge in [0.25, 0.3) is 5.91 Å². The number of nitrogens with two attached hydrogens (primary N) is 1. The van der Waals surface area contributed by atoms with Crippen LogP contribution in [-0.2, 0) is 6.54 Å². The smallest absolute Gasteiger partial charge is 0.346 e. The molecule has 2 aromatic carbocycles. The Morgan fingerprint density at radius 3 is 2.63 bits per heavy atom. The highest BCUT2D eigenvalue weighted by Crippen LogP contribution is 2.33. The lowest BCUT2D eigenvalue weighted by molar-refractivity contribution is 0.0947. The molecule has 0 aliphatic heterocycles. The van der Waals surface area contributed by atoms with Crippen LogP contribution in [0.1, 0.15) is 39.9 Å². The first kappa shape index (κ1) is 29.1. The Morgan fingerprint density at radius 1 is 1.16 bits per heavy atom. The Kier molecular flexibility index (Phi) is 8.55. The largest absolute Gasteiger partial charge is 0.496 e. The molecule has 1 saturated carbocycles. The lowest BCUT2D eigenvalue weighted by Gasteiger charge is -2.42. The Morgan fingerprint density at radius 2 is 1.95 bits per heavy atom. The number of hydrogen-bond acceptors (Lipinski definition) is 10. The normalized spacial score (nSPS) is 15.7. The van der Waals surface area contributed by atoms with Gasteiger partial charge in [-0.25, -0.2) is 24.1 Å². The van der Waals surface area contributed by atoms with Gasteiger partial charge in [-0.2, -0.15) is 9.78 Å². The van der Waals surface area contributed by atoms with E-state index in [2.05, 4.69) is 30.7 Å². The van der Waals surface area contributed by atoms with E-state index >= 15 is 0 Å². The number of aromatic nitrogens is 5. The van der Waals surface area contributed by atoms with Gasteiger partial charge in [0, 0.05) is 31.7 Å². The molecule has 4 aromatic rings. The molecule has 1 aliphatic rings. The summed E-state index contributed by atoms with van der Waals surface area (Å²) in [4.78, 5) is 39.2. The fraction of sp³-hybridized carbons (Fsp3) is 0.276. The van der Waals surface area contributed by atoms with Crippen LogP contribution < -0.4 is 21.1 Å². The molecule has 222 valence electrons. The number of carbonyl (C=O) groups excluding carboxylic acids is 2. The summed E-state index contributed by atoms with van der Waals surface area (Å²) in [6.07, 6.45) is 5.82. The van der Waals surface area contributed by atoms with Crippen molar-refractivity contribution in [1.82, 2.24) is 34.9 Å². The molecule has 2 aromatic heterocycles. The number of nitrogen functional groups attached to an aromatic ring is 1. The highest BCUT2D eigenvalue weighted by atomic mass is 19.1. The van der Waals surface area contributed by atoms with E-state index in [1.165, 1.54) is 42.9 Å². The van der Waals surface area contributed by atoms with Crippen LogP contribution in [0.2, 0.25) is 0 Å². The number of carbonyl (C=O) groups is 2. The molecule has 1 aliphatic carbocycles. The van der Waals surface area contributed by atoms with E-state index in [1.54, 1.807) is 36.2 Å². The molecule has 2 amide bonds. The summed E-state index contributed by atoms with van der Waals surface area (Å²) in [5.74, 6) is 0.0124. The summed E-state index contributed by atoms with van der Waals surface area (Å²) in [5.41, 5.74) is 8.14. The minimum Gasteiger partial charge on any atom is -0.496 e. The van der Waals surface area contributed by atoms with E-state index in [-0.39, 0.29) is 47.4 Å². The topological polar surface area (TPSA) is 177 Å². The lowest BCUT2D eigenvalue weighted by atomic mass is 9.78. The van der Waals surface area contributed by atoms with E-state index in [1.807, 2.05) is 0 Å². The minimum atomic E-state index is -0.537. The summed E-state index contributed by atoms with van der Waals surface area (Å²) in [6, 6.07) is 10.6. The third-order valence-corrected chi connectivity index (χ3v) is 7.55. The first-order valence-corrected chi connectivity index (χ1v) is 13.5. The zero-order valence-electron chi connectivity index (χ0n) is 23.6. The number of nitrogens with one attached hydrogen (secondary N) is 3. The molecule has 0 saturated heterocycles. The quantitative estimate of drug-likeness (QED) is 0.203. The molecule has 13 nitrogen and oxygen atoms in total. The van der Waals surface area contributed by atoms with Crippen molar-refractivity contribution in [3.8, 4) is 5.75 Å². The first-order valence-electron chi connectivity index (χ1n) is 13.5. The standard InChI is InChI=1S/C29H31FN10O3/c1-39(29(42)40-16-33-14-38-40)22-9-7-19(22)13-34-27-24(26(32)36-15-37-27)25(31)18-5-3-17(4-6-18)12-35-28(41)21-11-20(30)8-10-23(21)43-2/h3-6,8,10-11,14-16,19,22,31H,7,9,12-13H2,1-2H3,(H,35,41)(H3,32,34,36,37). The third-order valence-electron chi connectivity index (χ3n) is 7.55. The van der Waals surface area contributed by atoms with E-state index < -0.39 is 11.7 Å². The number of benzene rings is 2. The second-order valence-corrected chi connectivity index (χ2v) is 10.1. The Labute approximate surface area is 246 Å². The van der Waals surface area contributed by atoms with E-state index in [9.17, 15) is 14.0 Å². The molecule has 43 heavy (non-hydrogen) atoms. The molecule has 1 fully saturated rings.